The first-order valence-corrected chi connectivity index (χ1v) is 9.79. The minimum absolute atomic E-state index is 0.0739. The van der Waals surface area contributed by atoms with Crippen molar-refractivity contribution in [3.63, 3.8) is 0 Å². The third kappa shape index (κ3) is 6.60. The number of unbranched alkanes of at least 4 members (excludes halogenated alkanes) is 1. The molecular formula is C21H30N2O7. The zero-order valence-corrected chi connectivity index (χ0v) is 18.4. The van der Waals surface area contributed by atoms with Crippen molar-refractivity contribution in [3.05, 3.63) is 18.1 Å². The largest absolute Gasteiger partial charge is 0.480 e. The van der Waals surface area contributed by atoms with E-state index in [4.69, 9.17) is 14.2 Å². The Hall–Kier alpha value is -2.84. The molecule has 1 heterocycles. The standard InChI is InChI=1S/C21H30N2O7/c1-7-29-17(25)10-8-9-11-21(14(2)24,19(27)30-20(3,4)5)18(26)15-12-22-13-16(23-15)28-6/h12-13H,7-11H2,1-6H3. The molecule has 1 aromatic rings. The van der Waals surface area contributed by atoms with E-state index < -0.39 is 28.6 Å². The van der Waals surface area contributed by atoms with Crippen molar-refractivity contribution < 1.29 is 33.4 Å². The van der Waals surface area contributed by atoms with Crippen LogP contribution in [0.5, 0.6) is 5.88 Å². The van der Waals surface area contributed by atoms with E-state index in [1.807, 2.05) is 0 Å². The number of aromatic nitrogens is 2. The molecule has 0 bridgehead atoms. The van der Waals surface area contributed by atoms with Crippen LogP contribution in [-0.4, -0.2) is 52.8 Å². The maximum absolute atomic E-state index is 13.4. The number of rotatable bonds is 11. The fourth-order valence-corrected chi connectivity index (χ4v) is 2.82. The Morgan fingerprint density at radius 2 is 1.73 bits per heavy atom. The van der Waals surface area contributed by atoms with Gasteiger partial charge in [-0.25, -0.2) is 4.98 Å². The number of hydrogen-bond acceptors (Lipinski definition) is 9. The average Bonchev–Trinajstić information content (AvgIpc) is 2.66. The lowest BCUT2D eigenvalue weighted by Crippen LogP contribution is -2.49. The van der Waals surface area contributed by atoms with E-state index in [0.717, 1.165) is 0 Å². The molecule has 9 heteroatoms. The van der Waals surface area contributed by atoms with E-state index in [9.17, 15) is 19.2 Å². The molecule has 0 aliphatic rings. The molecule has 0 radical (unpaired) electrons. The highest BCUT2D eigenvalue weighted by molar-refractivity contribution is 6.26. The van der Waals surface area contributed by atoms with Gasteiger partial charge in [0.1, 0.15) is 11.3 Å². The summed E-state index contributed by atoms with van der Waals surface area (Å²) in [4.78, 5) is 58.6. The summed E-state index contributed by atoms with van der Waals surface area (Å²) in [6, 6.07) is 0. The first-order valence-electron chi connectivity index (χ1n) is 9.79. The SMILES string of the molecule is CCOC(=O)CCCCC(C(C)=O)(C(=O)OC(C)(C)C)C(=O)c1cncc(OC)n1. The monoisotopic (exact) mass is 422 g/mol. The lowest BCUT2D eigenvalue weighted by Gasteiger charge is -2.31. The number of esters is 2. The highest BCUT2D eigenvalue weighted by Gasteiger charge is 2.53. The molecule has 9 nitrogen and oxygen atoms in total. The summed E-state index contributed by atoms with van der Waals surface area (Å²) < 4.78 is 15.3. The van der Waals surface area contributed by atoms with Crippen LogP contribution in [0, 0.1) is 5.41 Å². The van der Waals surface area contributed by atoms with Crippen LogP contribution in [0.2, 0.25) is 0 Å². The molecule has 0 aliphatic carbocycles. The summed E-state index contributed by atoms with van der Waals surface area (Å²) in [6.45, 7) is 8.07. The van der Waals surface area contributed by atoms with Crippen LogP contribution in [0.4, 0.5) is 0 Å². The Morgan fingerprint density at radius 3 is 2.27 bits per heavy atom. The fraction of sp³-hybridized carbons (Fsp3) is 0.619. The molecule has 0 saturated carbocycles. The van der Waals surface area contributed by atoms with Gasteiger partial charge in [0.2, 0.25) is 11.7 Å². The molecule has 1 atom stereocenters. The molecule has 0 fully saturated rings. The fourth-order valence-electron chi connectivity index (χ4n) is 2.82. The predicted octanol–water partition coefficient (Wildman–Crippen LogP) is 2.71. The summed E-state index contributed by atoms with van der Waals surface area (Å²) in [7, 11) is 1.36. The molecule has 0 aromatic carbocycles. The van der Waals surface area contributed by atoms with Gasteiger partial charge in [-0.2, -0.15) is 0 Å². The van der Waals surface area contributed by atoms with Crippen LogP contribution in [0.1, 0.15) is 70.8 Å². The molecule has 1 rings (SSSR count). The zero-order chi connectivity index (χ0) is 22.9. The Morgan fingerprint density at radius 1 is 1.07 bits per heavy atom. The minimum atomic E-state index is -2.09. The van der Waals surface area contributed by atoms with Gasteiger partial charge < -0.3 is 14.2 Å². The second-order valence-corrected chi connectivity index (χ2v) is 7.75. The van der Waals surface area contributed by atoms with Crippen molar-refractivity contribution >= 4 is 23.5 Å². The predicted molar refractivity (Wildman–Crippen MR) is 107 cm³/mol. The average molecular weight is 422 g/mol. The number of carbonyl (C=O) groups is 4. The first kappa shape index (κ1) is 25.2. The number of hydrogen-bond donors (Lipinski definition) is 0. The summed E-state index contributed by atoms with van der Waals surface area (Å²) in [5.41, 5.74) is -3.19. The van der Waals surface area contributed by atoms with E-state index >= 15 is 0 Å². The van der Waals surface area contributed by atoms with Crippen molar-refractivity contribution in [2.24, 2.45) is 5.41 Å². The van der Waals surface area contributed by atoms with Gasteiger partial charge in [0.25, 0.3) is 0 Å². The quantitative estimate of drug-likeness (QED) is 0.229. The van der Waals surface area contributed by atoms with Crippen molar-refractivity contribution in [3.8, 4) is 5.88 Å². The molecule has 166 valence electrons. The normalized spacial score (nSPS) is 13.1. The Bertz CT molecular complexity index is 786. The van der Waals surface area contributed by atoms with Gasteiger partial charge in [-0.3, -0.25) is 24.2 Å². The number of methoxy groups -OCH3 is 1. The van der Waals surface area contributed by atoms with Crippen LogP contribution < -0.4 is 4.74 Å². The first-order chi connectivity index (χ1) is 14.0. The smallest absolute Gasteiger partial charge is 0.328 e. The van der Waals surface area contributed by atoms with E-state index in [-0.39, 0.29) is 43.4 Å². The number of ether oxygens (including phenoxy) is 3. The van der Waals surface area contributed by atoms with Crippen LogP contribution in [0.15, 0.2) is 12.4 Å². The van der Waals surface area contributed by atoms with E-state index in [1.54, 1.807) is 27.7 Å². The summed E-state index contributed by atoms with van der Waals surface area (Å²) >= 11 is 0. The minimum Gasteiger partial charge on any atom is -0.480 e. The maximum atomic E-state index is 13.4. The van der Waals surface area contributed by atoms with E-state index in [0.29, 0.717) is 6.42 Å². The number of nitrogens with zero attached hydrogens (tertiary/aromatic N) is 2. The Kier molecular flexibility index (Phi) is 9.07. The van der Waals surface area contributed by atoms with Gasteiger partial charge in [0.15, 0.2) is 11.2 Å². The Labute approximate surface area is 176 Å². The van der Waals surface area contributed by atoms with E-state index in [1.165, 1.54) is 26.4 Å². The molecule has 30 heavy (non-hydrogen) atoms. The zero-order valence-electron chi connectivity index (χ0n) is 18.4. The lowest BCUT2D eigenvalue weighted by atomic mass is 9.74. The molecular weight excluding hydrogens is 392 g/mol. The van der Waals surface area contributed by atoms with Gasteiger partial charge in [-0.1, -0.05) is 6.42 Å². The molecule has 0 N–H and O–H groups in total. The van der Waals surface area contributed by atoms with Gasteiger partial charge in [0, 0.05) is 6.42 Å². The summed E-state index contributed by atoms with van der Waals surface area (Å²) in [5.74, 6) is -2.74. The van der Waals surface area contributed by atoms with Crippen LogP contribution in [0.3, 0.4) is 0 Å². The molecule has 1 aromatic heterocycles. The third-order valence-corrected chi connectivity index (χ3v) is 4.28. The summed E-state index contributed by atoms with van der Waals surface area (Å²) in [5, 5.41) is 0. The van der Waals surface area contributed by atoms with E-state index in [2.05, 4.69) is 9.97 Å². The second kappa shape index (κ2) is 10.8. The van der Waals surface area contributed by atoms with Gasteiger partial charge in [0.05, 0.1) is 26.1 Å². The Balaban J connectivity index is 3.26. The number of carbonyl (C=O) groups excluding carboxylic acids is 4. The number of ketones is 2. The molecule has 0 spiro atoms. The van der Waals surface area contributed by atoms with Crippen molar-refractivity contribution in [1.82, 2.24) is 9.97 Å². The van der Waals surface area contributed by atoms with Gasteiger partial charge >= 0.3 is 11.9 Å². The third-order valence-electron chi connectivity index (χ3n) is 4.28. The van der Waals surface area contributed by atoms with Gasteiger partial charge in [-0.05, 0) is 47.5 Å². The topological polar surface area (TPSA) is 122 Å². The van der Waals surface area contributed by atoms with Gasteiger partial charge in [-0.15, -0.1) is 0 Å². The molecule has 0 saturated heterocycles. The van der Waals surface area contributed by atoms with Crippen LogP contribution in [0.25, 0.3) is 0 Å². The number of Topliss-reactive ketones (excluding diaryl/α,β-unsaturated/α-hetero) is 2. The van der Waals surface area contributed by atoms with Crippen molar-refractivity contribution in [1.29, 1.82) is 0 Å². The molecule has 1 unspecified atom stereocenters. The highest BCUT2D eigenvalue weighted by Crippen LogP contribution is 2.34. The summed E-state index contributed by atoms with van der Waals surface area (Å²) in [6.07, 6.45) is 3.05. The second-order valence-electron chi connectivity index (χ2n) is 7.75. The highest BCUT2D eigenvalue weighted by atomic mass is 16.6. The van der Waals surface area contributed by atoms with Crippen LogP contribution in [-0.2, 0) is 23.9 Å². The lowest BCUT2D eigenvalue weighted by molar-refractivity contribution is -0.167. The molecule has 0 amide bonds. The maximum Gasteiger partial charge on any atom is 0.328 e. The molecule has 0 aliphatic heterocycles. The van der Waals surface area contributed by atoms with Crippen molar-refractivity contribution in [2.75, 3.05) is 13.7 Å². The van der Waals surface area contributed by atoms with Crippen molar-refractivity contribution in [2.45, 2.75) is 65.9 Å². The van der Waals surface area contributed by atoms with Crippen LogP contribution >= 0.6 is 0 Å².